The predicted octanol–water partition coefficient (Wildman–Crippen LogP) is 2.57. The molecule has 0 amide bonds. The van der Waals surface area contributed by atoms with Crippen molar-refractivity contribution in [2.75, 3.05) is 7.11 Å². The number of rotatable bonds is 3. The maximum absolute atomic E-state index is 12.2. The molecule has 0 unspecified atom stereocenters. The number of fused-ring (bicyclic) bond motifs is 1. The second kappa shape index (κ2) is 4.68. The molecule has 4 heteroatoms. The minimum absolute atomic E-state index is 0.0116. The van der Waals surface area contributed by atoms with Crippen LogP contribution in [0.25, 0.3) is 0 Å². The van der Waals surface area contributed by atoms with Crippen LogP contribution in [0.1, 0.15) is 43.1 Å². The smallest absolute Gasteiger partial charge is 0.174 e. The molecule has 0 aliphatic carbocycles. The van der Waals surface area contributed by atoms with E-state index in [9.17, 15) is 9.59 Å². The van der Waals surface area contributed by atoms with Gasteiger partial charge in [0.2, 0.25) is 0 Å². The highest BCUT2D eigenvalue weighted by molar-refractivity contribution is 6.03. The van der Waals surface area contributed by atoms with E-state index in [1.54, 1.807) is 12.1 Å². The fraction of sp³-hybridized carbons (Fsp3) is 0.467. The van der Waals surface area contributed by atoms with Gasteiger partial charge in [-0.15, -0.1) is 0 Å². The van der Waals surface area contributed by atoms with Gasteiger partial charge in [-0.25, -0.2) is 0 Å². The van der Waals surface area contributed by atoms with Gasteiger partial charge in [0.15, 0.2) is 5.78 Å². The molecule has 0 fully saturated rings. The monoisotopic (exact) mass is 262 g/mol. The summed E-state index contributed by atoms with van der Waals surface area (Å²) in [7, 11) is 1.51. The fourth-order valence-electron chi connectivity index (χ4n) is 2.36. The van der Waals surface area contributed by atoms with Crippen LogP contribution in [0.5, 0.6) is 11.5 Å². The Morgan fingerprint density at radius 1 is 1.42 bits per heavy atom. The highest BCUT2D eigenvalue weighted by atomic mass is 16.5. The van der Waals surface area contributed by atoms with Crippen molar-refractivity contribution in [1.29, 1.82) is 0 Å². The van der Waals surface area contributed by atoms with Crippen LogP contribution in [0.15, 0.2) is 12.1 Å². The summed E-state index contributed by atoms with van der Waals surface area (Å²) in [6.07, 6.45) is 0.629. The summed E-state index contributed by atoms with van der Waals surface area (Å²) in [4.78, 5) is 23.4. The van der Waals surface area contributed by atoms with E-state index in [4.69, 9.17) is 9.47 Å². The number of methoxy groups -OCH3 is 1. The summed E-state index contributed by atoms with van der Waals surface area (Å²) in [6, 6.07) is 3.50. The molecule has 19 heavy (non-hydrogen) atoms. The van der Waals surface area contributed by atoms with E-state index in [0.29, 0.717) is 29.9 Å². The molecule has 0 atom stereocenters. The Balaban J connectivity index is 2.53. The first-order valence-electron chi connectivity index (χ1n) is 6.25. The minimum atomic E-state index is -0.524. The lowest BCUT2D eigenvalue weighted by molar-refractivity contribution is -0.116. The molecule has 0 aromatic heterocycles. The Labute approximate surface area is 112 Å². The molecule has 0 spiro atoms. The molecule has 4 nitrogen and oxygen atoms in total. The number of hydrogen-bond acceptors (Lipinski definition) is 4. The van der Waals surface area contributed by atoms with E-state index in [2.05, 4.69) is 0 Å². The Kier molecular flexibility index (Phi) is 3.35. The van der Waals surface area contributed by atoms with Gasteiger partial charge in [-0.2, -0.15) is 0 Å². The number of ketones is 2. The topological polar surface area (TPSA) is 52.6 Å². The lowest BCUT2D eigenvalue weighted by atomic mass is 9.91. The van der Waals surface area contributed by atoms with Crippen LogP contribution < -0.4 is 9.47 Å². The molecular weight excluding hydrogens is 244 g/mol. The summed E-state index contributed by atoms with van der Waals surface area (Å²) in [5.41, 5.74) is 0.756. The molecule has 0 N–H and O–H groups in total. The average Bonchev–Trinajstić information content (AvgIpc) is 2.24. The molecule has 1 aromatic carbocycles. The molecule has 0 saturated heterocycles. The Morgan fingerprint density at radius 3 is 2.68 bits per heavy atom. The summed E-state index contributed by atoms with van der Waals surface area (Å²) in [5.74, 6) is 1.06. The maximum atomic E-state index is 12.2. The highest BCUT2D eigenvalue weighted by Crippen LogP contribution is 2.39. The molecule has 0 bridgehead atoms. The lowest BCUT2D eigenvalue weighted by Gasteiger charge is -2.32. The largest absolute Gasteiger partial charge is 0.496 e. The molecule has 102 valence electrons. The van der Waals surface area contributed by atoms with Gasteiger partial charge >= 0.3 is 0 Å². The molecule has 2 rings (SSSR count). The van der Waals surface area contributed by atoms with Crippen molar-refractivity contribution in [3.05, 3.63) is 23.3 Å². The van der Waals surface area contributed by atoms with E-state index >= 15 is 0 Å². The van der Waals surface area contributed by atoms with Crippen LogP contribution in [0.2, 0.25) is 0 Å². The van der Waals surface area contributed by atoms with Gasteiger partial charge in [0.25, 0.3) is 0 Å². The van der Waals surface area contributed by atoms with Crippen molar-refractivity contribution >= 4 is 11.6 Å². The summed E-state index contributed by atoms with van der Waals surface area (Å²) in [5, 5.41) is 0. The lowest BCUT2D eigenvalue weighted by Crippen LogP contribution is -2.36. The second-order valence-electron chi connectivity index (χ2n) is 5.51. The summed E-state index contributed by atoms with van der Waals surface area (Å²) < 4.78 is 11.1. The average molecular weight is 262 g/mol. The molecule has 1 aromatic rings. The highest BCUT2D eigenvalue weighted by Gasteiger charge is 2.35. The second-order valence-corrected chi connectivity index (χ2v) is 5.51. The molecule has 0 saturated carbocycles. The third-order valence-electron chi connectivity index (χ3n) is 3.05. The standard InChI is InChI=1S/C15H18O4/c1-9(16)5-10-6-12(18-4)14-11(17)8-15(2,3)19-13(14)7-10/h6-7H,5,8H2,1-4H3. The van der Waals surface area contributed by atoms with Gasteiger partial charge in [0.1, 0.15) is 28.4 Å². The van der Waals surface area contributed by atoms with E-state index < -0.39 is 5.60 Å². The van der Waals surface area contributed by atoms with Gasteiger partial charge < -0.3 is 9.47 Å². The number of ether oxygens (including phenoxy) is 2. The van der Waals surface area contributed by atoms with Gasteiger partial charge in [-0.3, -0.25) is 9.59 Å². The Hall–Kier alpha value is -1.84. The zero-order valence-corrected chi connectivity index (χ0v) is 11.7. The zero-order chi connectivity index (χ0) is 14.2. The fourth-order valence-corrected chi connectivity index (χ4v) is 2.36. The van der Waals surface area contributed by atoms with Crippen molar-refractivity contribution in [3.63, 3.8) is 0 Å². The van der Waals surface area contributed by atoms with Crippen LogP contribution >= 0.6 is 0 Å². The SMILES string of the molecule is COc1cc(CC(C)=O)cc2c1C(=O)CC(C)(C)O2. The third-order valence-corrected chi connectivity index (χ3v) is 3.05. The zero-order valence-electron chi connectivity index (χ0n) is 11.7. The van der Waals surface area contributed by atoms with Gasteiger partial charge in [0, 0.05) is 6.42 Å². The van der Waals surface area contributed by atoms with E-state index in [1.807, 2.05) is 13.8 Å². The predicted molar refractivity (Wildman–Crippen MR) is 71.0 cm³/mol. The number of Topliss-reactive ketones (excluding diaryl/α,β-unsaturated/α-hetero) is 2. The number of hydrogen-bond donors (Lipinski definition) is 0. The van der Waals surface area contributed by atoms with Crippen molar-refractivity contribution in [1.82, 2.24) is 0 Å². The van der Waals surface area contributed by atoms with E-state index in [1.165, 1.54) is 14.0 Å². The quantitative estimate of drug-likeness (QED) is 0.840. The first-order chi connectivity index (χ1) is 8.82. The molecule has 0 radical (unpaired) electrons. The van der Waals surface area contributed by atoms with Crippen molar-refractivity contribution < 1.29 is 19.1 Å². The summed E-state index contributed by atoms with van der Waals surface area (Å²) >= 11 is 0. The third kappa shape index (κ3) is 2.78. The van der Waals surface area contributed by atoms with Gasteiger partial charge in [-0.05, 0) is 38.5 Å². The van der Waals surface area contributed by atoms with Crippen LogP contribution in [0.4, 0.5) is 0 Å². The van der Waals surface area contributed by atoms with Gasteiger partial charge in [0.05, 0.1) is 13.5 Å². The normalized spacial score (nSPS) is 16.5. The molecule has 1 aliphatic rings. The van der Waals surface area contributed by atoms with Crippen molar-refractivity contribution in [2.24, 2.45) is 0 Å². The Morgan fingerprint density at radius 2 is 2.11 bits per heavy atom. The van der Waals surface area contributed by atoms with Crippen molar-refractivity contribution in [2.45, 2.75) is 39.2 Å². The first kappa shape index (κ1) is 13.6. The first-order valence-corrected chi connectivity index (χ1v) is 6.25. The minimum Gasteiger partial charge on any atom is -0.496 e. The van der Waals surface area contributed by atoms with E-state index in [0.717, 1.165) is 5.56 Å². The molecule has 1 heterocycles. The van der Waals surface area contributed by atoms with Crippen LogP contribution in [0.3, 0.4) is 0 Å². The van der Waals surface area contributed by atoms with Gasteiger partial charge in [-0.1, -0.05) is 0 Å². The Bertz CT molecular complexity index is 543. The molecule has 1 aliphatic heterocycles. The van der Waals surface area contributed by atoms with Crippen LogP contribution in [-0.4, -0.2) is 24.3 Å². The van der Waals surface area contributed by atoms with Crippen LogP contribution in [-0.2, 0) is 11.2 Å². The van der Waals surface area contributed by atoms with Crippen molar-refractivity contribution in [3.8, 4) is 11.5 Å². The molecular formula is C15H18O4. The van der Waals surface area contributed by atoms with Crippen LogP contribution in [0, 0.1) is 0 Å². The number of benzene rings is 1. The number of carbonyl (C=O) groups excluding carboxylic acids is 2. The van der Waals surface area contributed by atoms with E-state index in [-0.39, 0.29) is 11.6 Å². The maximum Gasteiger partial charge on any atom is 0.174 e. The summed E-state index contributed by atoms with van der Waals surface area (Å²) in [6.45, 7) is 5.28. The number of carbonyl (C=O) groups is 2.